The number of halogens is 17. The molecule has 0 atom stereocenters. The van der Waals surface area contributed by atoms with Crippen molar-refractivity contribution in [2.24, 2.45) is 0 Å². The lowest BCUT2D eigenvalue weighted by Gasteiger charge is -2.19. The number of benzene rings is 3. The number of alkyl halides is 6. The molecule has 0 aliphatic heterocycles. The van der Waals surface area contributed by atoms with Crippen LogP contribution in [0, 0.1) is 111 Å². The minimum absolute atomic E-state index is 0.598. The Morgan fingerprint density at radius 1 is 0.472 bits per heavy atom. The van der Waals surface area contributed by atoms with Gasteiger partial charge in [0, 0.05) is 5.56 Å². The second-order valence-electron chi connectivity index (χ2n) is 9.83. The van der Waals surface area contributed by atoms with Crippen LogP contribution in [0.5, 0.6) is 0 Å². The van der Waals surface area contributed by atoms with E-state index >= 15 is 22.0 Å². The Labute approximate surface area is 280 Å². The van der Waals surface area contributed by atoms with Crippen LogP contribution in [0.2, 0.25) is 0 Å². The Morgan fingerprint density at radius 2 is 0.868 bits per heavy atom. The molecule has 0 aromatic heterocycles. The Hall–Kier alpha value is -6.86. The van der Waals surface area contributed by atoms with Crippen molar-refractivity contribution in [1.82, 2.24) is 0 Å². The van der Waals surface area contributed by atoms with E-state index in [1.165, 1.54) is 0 Å². The molecule has 1 aliphatic carbocycles. The quantitative estimate of drug-likeness (QED) is 0.115. The molecule has 268 valence electrons. The van der Waals surface area contributed by atoms with E-state index < -0.39 is 149 Å². The van der Waals surface area contributed by atoms with Gasteiger partial charge in [0.15, 0.2) is 64.0 Å². The summed E-state index contributed by atoms with van der Waals surface area (Å²) < 4.78 is 246. The van der Waals surface area contributed by atoms with Crippen LogP contribution in [0.1, 0.15) is 33.4 Å². The molecule has 3 aromatic carbocycles. The maximum atomic E-state index is 15.3. The fraction of sp³-hybridized carbons (Fsp3) is 0.0645. The van der Waals surface area contributed by atoms with Gasteiger partial charge in [-0.2, -0.15) is 42.1 Å². The molecule has 0 spiro atoms. The molecule has 1 fully saturated rings. The highest BCUT2D eigenvalue weighted by Gasteiger charge is 2.51. The molecule has 0 bridgehead atoms. The summed E-state index contributed by atoms with van der Waals surface area (Å²) in [5, 5.41) is 28.4. The van der Waals surface area contributed by atoms with Crippen molar-refractivity contribution in [1.29, 1.82) is 15.8 Å². The summed E-state index contributed by atoms with van der Waals surface area (Å²) in [6, 6.07) is 2.04. The van der Waals surface area contributed by atoms with Gasteiger partial charge in [-0.05, 0) is 16.7 Å². The maximum Gasteiger partial charge on any atom is 0.422 e. The van der Waals surface area contributed by atoms with Crippen LogP contribution < -0.4 is 0 Å². The van der Waals surface area contributed by atoms with Crippen LogP contribution in [-0.4, -0.2) is 0 Å². The molecule has 0 amide bonds. The average molecular weight is 765 g/mol. The summed E-state index contributed by atoms with van der Waals surface area (Å²) >= 11 is 0. The second-order valence-corrected chi connectivity index (χ2v) is 9.83. The molecule has 0 heterocycles. The standard InChI is InChI=1S/C31F17N5/c1-52-28(14-22(37)17(32)8(5-51)18(33)23(14)38)13-9(10(13)7(4-50)12-20(35)26(41)29(53-2)27(42)21(12)36)6(3-49)11-15(30(43,44)45)24(39)16(31(46,47)48)25(40)19(11)34/b9-6+,10-7-,28-13-. The Bertz CT molecular complexity index is 2360. The van der Waals surface area contributed by atoms with Gasteiger partial charge in [0.2, 0.25) is 5.70 Å². The molecule has 5 nitrogen and oxygen atoms in total. The van der Waals surface area contributed by atoms with Gasteiger partial charge in [0.1, 0.15) is 34.9 Å². The fourth-order valence-corrected chi connectivity index (χ4v) is 4.92. The van der Waals surface area contributed by atoms with E-state index in [0.29, 0.717) is 12.1 Å². The SMILES string of the molecule is [C-]#[N+]/C(=C1/C(=C(\C#N)c2c(F)c(F)c(C(F)(F)F)c(F)c2C(F)(F)F)/C1=C(\C#N)c1c(F)c(F)c([N+]#[C-])c(F)c1F)c1c(F)c(F)c(C#N)c(F)c1F. The van der Waals surface area contributed by atoms with Gasteiger partial charge in [-0.25, -0.2) is 58.0 Å². The van der Waals surface area contributed by atoms with E-state index in [1.54, 1.807) is 0 Å². The lowest BCUT2D eigenvalue weighted by Crippen LogP contribution is -2.22. The van der Waals surface area contributed by atoms with Gasteiger partial charge in [-0.1, -0.05) is 0 Å². The number of nitrogens with zero attached hydrogens (tertiary/aromatic N) is 5. The highest BCUT2D eigenvalue weighted by Crippen LogP contribution is 2.59. The highest BCUT2D eigenvalue weighted by molar-refractivity contribution is 6.11. The molecule has 1 saturated carbocycles. The summed E-state index contributed by atoms with van der Waals surface area (Å²) in [4.78, 5) is 4.59. The molecule has 0 saturated heterocycles. The minimum atomic E-state index is -6.56. The van der Waals surface area contributed by atoms with E-state index in [0.717, 1.165) is 6.07 Å². The second kappa shape index (κ2) is 13.0. The van der Waals surface area contributed by atoms with Crippen LogP contribution in [0.4, 0.5) is 80.3 Å². The first-order chi connectivity index (χ1) is 24.5. The molecular formula is C31F17N5. The predicted molar refractivity (Wildman–Crippen MR) is 138 cm³/mol. The first kappa shape index (κ1) is 38.9. The Balaban J connectivity index is 2.45. The Morgan fingerprint density at radius 3 is 1.23 bits per heavy atom. The molecule has 4 rings (SSSR count). The smallest absolute Gasteiger partial charge is 0.237 e. The molecular weight excluding hydrogens is 765 g/mol. The lowest BCUT2D eigenvalue weighted by atomic mass is 9.93. The van der Waals surface area contributed by atoms with Crippen LogP contribution in [0.3, 0.4) is 0 Å². The van der Waals surface area contributed by atoms with Gasteiger partial charge in [-0.3, -0.25) is 0 Å². The Kier molecular flexibility index (Phi) is 9.58. The third-order valence-corrected chi connectivity index (χ3v) is 7.11. The van der Waals surface area contributed by atoms with Gasteiger partial charge in [0.25, 0.3) is 5.69 Å². The fourth-order valence-electron chi connectivity index (χ4n) is 4.92. The zero-order chi connectivity index (χ0) is 40.4. The van der Waals surface area contributed by atoms with Crippen molar-refractivity contribution in [3.63, 3.8) is 0 Å². The number of hydrogen-bond donors (Lipinski definition) is 0. The van der Waals surface area contributed by atoms with Crippen molar-refractivity contribution in [3.8, 4) is 18.2 Å². The third kappa shape index (κ3) is 5.72. The highest BCUT2D eigenvalue weighted by atomic mass is 19.4. The predicted octanol–water partition coefficient (Wildman–Crippen LogP) is 10.3. The van der Waals surface area contributed by atoms with Gasteiger partial charge < -0.3 is 0 Å². The monoisotopic (exact) mass is 765 g/mol. The van der Waals surface area contributed by atoms with E-state index in [1.807, 2.05) is 0 Å². The van der Waals surface area contributed by atoms with Crippen molar-refractivity contribution < 1.29 is 74.6 Å². The summed E-state index contributed by atoms with van der Waals surface area (Å²) in [5.41, 5.74) is -30.4. The molecule has 1 aliphatic rings. The average Bonchev–Trinajstić information content (AvgIpc) is 3.78. The van der Waals surface area contributed by atoms with Gasteiger partial charge in [0.05, 0.1) is 35.4 Å². The zero-order valence-corrected chi connectivity index (χ0v) is 24.2. The third-order valence-electron chi connectivity index (χ3n) is 7.11. The van der Waals surface area contributed by atoms with Crippen molar-refractivity contribution >= 4 is 22.5 Å². The first-order valence-electron chi connectivity index (χ1n) is 12.8. The molecule has 0 N–H and O–H groups in total. The van der Waals surface area contributed by atoms with Crippen LogP contribution in [-0.2, 0) is 12.4 Å². The number of hydrogen-bond acceptors (Lipinski definition) is 3. The summed E-state index contributed by atoms with van der Waals surface area (Å²) in [5.74, 6) is -31.8. The van der Waals surface area contributed by atoms with Gasteiger partial charge in [-0.15, -0.1) is 0 Å². The maximum absolute atomic E-state index is 15.3. The minimum Gasteiger partial charge on any atom is -0.237 e. The molecule has 0 radical (unpaired) electrons. The van der Waals surface area contributed by atoms with Crippen molar-refractivity contribution in [3.05, 3.63) is 137 Å². The van der Waals surface area contributed by atoms with E-state index in [-0.39, 0.29) is 0 Å². The summed E-state index contributed by atoms with van der Waals surface area (Å²) in [6.45, 7) is 14.0. The largest absolute Gasteiger partial charge is 0.422 e. The molecule has 53 heavy (non-hydrogen) atoms. The van der Waals surface area contributed by atoms with Crippen LogP contribution >= 0.6 is 0 Å². The molecule has 3 aromatic rings. The summed E-state index contributed by atoms with van der Waals surface area (Å²) in [6.07, 6.45) is -13.0. The van der Waals surface area contributed by atoms with E-state index in [9.17, 15) is 63.2 Å². The van der Waals surface area contributed by atoms with Crippen molar-refractivity contribution in [2.75, 3.05) is 0 Å². The number of rotatable bonds is 3. The van der Waals surface area contributed by atoms with E-state index in [2.05, 4.69) is 9.69 Å². The molecule has 0 unspecified atom stereocenters. The number of allylic oxidation sites excluding steroid dienone is 5. The van der Waals surface area contributed by atoms with Crippen molar-refractivity contribution in [2.45, 2.75) is 12.4 Å². The van der Waals surface area contributed by atoms with Crippen LogP contribution in [0.25, 0.3) is 26.5 Å². The first-order valence-corrected chi connectivity index (χ1v) is 12.8. The number of nitriles is 3. The zero-order valence-electron chi connectivity index (χ0n) is 24.2. The normalized spacial score (nSPS) is 15.5. The lowest BCUT2D eigenvalue weighted by molar-refractivity contribution is -0.150. The van der Waals surface area contributed by atoms with Crippen LogP contribution in [0.15, 0.2) is 16.7 Å². The van der Waals surface area contributed by atoms with Gasteiger partial charge >= 0.3 is 12.4 Å². The summed E-state index contributed by atoms with van der Waals surface area (Å²) in [7, 11) is 0. The topological polar surface area (TPSA) is 80.1 Å². The molecule has 22 heteroatoms. The van der Waals surface area contributed by atoms with E-state index in [4.69, 9.17) is 18.4 Å².